The van der Waals surface area contributed by atoms with E-state index in [2.05, 4.69) is 15.6 Å². The van der Waals surface area contributed by atoms with Crippen LogP contribution in [0, 0.1) is 10.1 Å². The molecule has 8 nitrogen and oxygen atoms in total. The second kappa shape index (κ2) is 9.27. The van der Waals surface area contributed by atoms with Crippen LogP contribution in [0.25, 0.3) is 0 Å². The molecule has 150 valence electrons. The van der Waals surface area contributed by atoms with E-state index in [9.17, 15) is 14.9 Å². The summed E-state index contributed by atoms with van der Waals surface area (Å²) in [7, 11) is 0. The zero-order valence-corrected chi connectivity index (χ0v) is 16.4. The fourth-order valence-electron chi connectivity index (χ4n) is 2.74. The molecule has 4 N–H and O–H groups in total. The summed E-state index contributed by atoms with van der Waals surface area (Å²) in [5.41, 5.74) is 6.85. The maximum Gasteiger partial charge on any atom is 0.293 e. The van der Waals surface area contributed by atoms with Gasteiger partial charge in [0.25, 0.3) is 11.6 Å². The monoisotopic (exact) mass is 385 g/mol. The highest BCUT2D eigenvalue weighted by Gasteiger charge is 2.23. The van der Waals surface area contributed by atoms with Gasteiger partial charge in [-0.1, -0.05) is 19.9 Å². The van der Waals surface area contributed by atoms with Crippen LogP contribution in [0.1, 0.15) is 55.7 Å². The van der Waals surface area contributed by atoms with E-state index in [1.54, 1.807) is 24.4 Å². The van der Waals surface area contributed by atoms with Crippen LogP contribution < -0.4 is 16.4 Å². The number of nitrogens with zero attached hydrogens (tertiary/aromatic N) is 2. The lowest BCUT2D eigenvalue weighted by atomic mass is 9.94. The second-order valence-electron chi connectivity index (χ2n) is 6.86. The van der Waals surface area contributed by atoms with E-state index >= 15 is 0 Å². The van der Waals surface area contributed by atoms with Crippen LogP contribution in [0.3, 0.4) is 0 Å². The minimum Gasteiger partial charge on any atom is -0.371 e. The summed E-state index contributed by atoms with van der Waals surface area (Å²) in [6, 6.07) is 9.65. The summed E-state index contributed by atoms with van der Waals surface area (Å²) in [5, 5.41) is 17.4. The third-order valence-corrected chi connectivity index (χ3v) is 4.97. The highest BCUT2D eigenvalue weighted by atomic mass is 16.6. The molecule has 0 saturated heterocycles. The summed E-state index contributed by atoms with van der Waals surface area (Å²) in [6.07, 6.45) is 3.11. The van der Waals surface area contributed by atoms with E-state index in [-0.39, 0.29) is 23.2 Å². The van der Waals surface area contributed by atoms with Crippen molar-refractivity contribution >= 4 is 17.3 Å². The van der Waals surface area contributed by atoms with Gasteiger partial charge in [0.05, 0.1) is 16.7 Å². The molecular weight excluding hydrogens is 358 g/mol. The zero-order valence-electron chi connectivity index (χ0n) is 16.4. The van der Waals surface area contributed by atoms with Gasteiger partial charge in [-0.05, 0) is 44.0 Å². The molecule has 0 radical (unpaired) electrons. The van der Waals surface area contributed by atoms with Crippen LogP contribution in [0.4, 0.5) is 11.4 Å². The van der Waals surface area contributed by atoms with Crippen molar-refractivity contribution in [2.75, 3.05) is 11.9 Å². The van der Waals surface area contributed by atoms with E-state index < -0.39 is 10.5 Å². The van der Waals surface area contributed by atoms with Gasteiger partial charge in [0.2, 0.25) is 0 Å². The first-order valence-corrected chi connectivity index (χ1v) is 9.32. The topological polar surface area (TPSA) is 123 Å². The van der Waals surface area contributed by atoms with Gasteiger partial charge in [0, 0.05) is 29.9 Å². The summed E-state index contributed by atoms with van der Waals surface area (Å²) < 4.78 is 0. The Morgan fingerprint density at radius 3 is 2.57 bits per heavy atom. The summed E-state index contributed by atoms with van der Waals surface area (Å²) in [4.78, 5) is 27.7. The van der Waals surface area contributed by atoms with Crippen LogP contribution in [0.2, 0.25) is 0 Å². The van der Waals surface area contributed by atoms with Crippen LogP contribution in [0.5, 0.6) is 0 Å². The first-order valence-electron chi connectivity index (χ1n) is 9.32. The van der Waals surface area contributed by atoms with Gasteiger partial charge in [0.1, 0.15) is 5.69 Å². The summed E-state index contributed by atoms with van der Waals surface area (Å²) >= 11 is 0. The van der Waals surface area contributed by atoms with Gasteiger partial charge in [-0.25, -0.2) is 0 Å². The number of carbonyl (C=O) groups is 1. The number of amides is 1. The molecule has 0 aliphatic heterocycles. The van der Waals surface area contributed by atoms with Gasteiger partial charge in [0.15, 0.2) is 0 Å². The van der Waals surface area contributed by atoms with Gasteiger partial charge in [-0.2, -0.15) is 0 Å². The molecule has 8 heteroatoms. The maximum atomic E-state index is 12.4. The third kappa shape index (κ3) is 5.26. The quantitative estimate of drug-likeness (QED) is 0.449. The predicted molar refractivity (Wildman–Crippen MR) is 109 cm³/mol. The number of rotatable bonds is 9. The lowest BCUT2D eigenvalue weighted by Crippen LogP contribution is -2.49. The molecule has 1 heterocycles. The van der Waals surface area contributed by atoms with Crippen LogP contribution in [-0.2, 0) is 0 Å². The van der Waals surface area contributed by atoms with E-state index in [4.69, 9.17) is 5.73 Å². The number of nitro benzene ring substituents is 1. The maximum absolute atomic E-state index is 12.4. The van der Waals surface area contributed by atoms with E-state index in [1.165, 1.54) is 6.07 Å². The second-order valence-corrected chi connectivity index (χ2v) is 6.86. The number of anilines is 1. The first-order chi connectivity index (χ1) is 13.3. The lowest BCUT2D eigenvalue weighted by Gasteiger charge is -2.26. The Morgan fingerprint density at radius 1 is 1.29 bits per heavy atom. The molecule has 1 aromatic heterocycles. The highest BCUT2D eigenvalue weighted by Crippen LogP contribution is 2.29. The minimum atomic E-state index is -0.504. The minimum absolute atomic E-state index is 0.166. The Bertz CT molecular complexity index is 822. The fourth-order valence-corrected chi connectivity index (χ4v) is 2.74. The standard InChI is InChI=1S/C20H27N5O3/c1-4-20(21,5-2)13-23-19(26)15-9-10-17(18(12-15)25(27)28)24-14(3)16-8-6-7-11-22-16/h6-12,14,24H,4-5,13,21H2,1-3H3,(H,23,26). The molecular formula is C20H27N5O3. The molecule has 2 aromatic rings. The SMILES string of the molecule is CCC(N)(CC)CNC(=O)c1ccc(NC(C)c2ccccn2)c([N+](=O)[O-])c1. The Kier molecular flexibility index (Phi) is 7.06. The van der Waals surface area contributed by atoms with E-state index in [0.29, 0.717) is 12.2 Å². The zero-order chi connectivity index (χ0) is 20.7. The summed E-state index contributed by atoms with van der Waals surface area (Å²) in [5.74, 6) is -0.385. The highest BCUT2D eigenvalue weighted by molar-refractivity contribution is 5.95. The van der Waals surface area contributed by atoms with Crippen molar-refractivity contribution in [1.29, 1.82) is 0 Å². The molecule has 1 unspecified atom stereocenters. The average molecular weight is 385 g/mol. The molecule has 28 heavy (non-hydrogen) atoms. The number of hydrogen-bond acceptors (Lipinski definition) is 6. The number of nitrogens with two attached hydrogens (primary N) is 1. The van der Waals surface area contributed by atoms with Crippen molar-refractivity contribution in [1.82, 2.24) is 10.3 Å². The number of carbonyl (C=O) groups excluding carboxylic acids is 1. The van der Waals surface area contributed by atoms with Crippen molar-refractivity contribution in [2.24, 2.45) is 5.73 Å². The molecule has 2 rings (SSSR count). The molecule has 0 aliphatic rings. The smallest absolute Gasteiger partial charge is 0.293 e. The van der Waals surface area contributed by atoms with Gasteiger partial charge in [-0.3, -0.25) is 19.9 Å². The van der Waals surface area contributed by atoms with Crippen LogP contribution in [0.15, 0.2) is 42.6 Å². The lowest BCUT2D eigenvalue weighted by molar-refractivity contribution is -0.384. The number of benzene rings is 1. The van der Waals surface area contributed by atoms with Crippen molar-refractivity contribution < 1.29 is 9.72 Å². The third-order valence-electron chi connectivity index (χ3n) is 4.97. The molecule has 1 atom stereocenters. The molecule has 1 aromatic carbocycles. The van der Waals surface area contributed by atoms with Crippen molar-refractivity contribution in [2.45, 2.75) is 45.2 Å². The Balaban J connectivity index is 2.18. The summed E-state index contributed by atoms with van der Waals surface area (Å²) in [6.45, 7) is 6.10. The Morgan fingerprint density at radius 2 is 2.00 bits per heavy atom. The van der Waals surface area contributed by atoms with Crippen LogP contribution in [-0.4, -0.2) is 27.9 Å². The van der Waals surface area contributed by atoms with Crippen molar-refractivity contribution in [3.05, 3.63) is 64.0 Å². The number of nitro groups is 1. The van der Waals surface area contributed by atoms with Crippen LogP contribution >= 0.6 is 0 Å². The van der Waals surface area contributed by atoms with Gasteiger partial charge >= 0.3 is 0 Å². The number of aromatic nitrogens is 1. The molecule has 0 bridgehead atoms. The number of nitrogens with one attached hydrogen (secondary N) is 2. The van der Waals surface area contributed by atoms with Crippen molar-refractivity contribution in [3.63, 3.8) is 0 Å². The Labute approximate surface area is 164 Å². The largest absolute Gasteiger partial charge is 0.371 e. The normalized spacial score (nSPS) is 12.3. The molecule has 0 aliphatic carbocycles. The molecule has 0 spiro atoms. The molecule has 1 amide bonds. The van der Waals surface area contributed by atoms with Gasteiger partial charge in [-0.15, -0.1) is 0 Å². The van der Waals surface area contributed by atoms with Crippen molar-refractivity contribution in [3.8, 4) is 0 Å². The number of pyridine rings is 1. The molecule has 0 saturated carbocycles. The average Bonchev–Trinajstić information content (AvgIpc) is 2.72. The molecule has 0 fully saturated rings. The fraction of sp³-hybridized carbons (Fsp3) is 0.400. The Hall–Kier alpha value is -3.00. The number of hydrogen-bond donors (Lipinski definition) is 3. The van der Waals surface area contributed by atoms with E-state index in [0.717, 1.165) is 18.5 Å². The first kappa shape index (κ1) is 21.3. The van der Waals surface area contributed by atoms with E-state index in [1.807, 2.05) is 32.9 Å². The predicted octanol–water partition coefficient (Wildman–Crippen LogP) is 3.41. The van der Waals surface area contributed by atoms with Gasteiger partial charge < -0.3 is 16.4 Å².